The second-order valence-electron chi connectivity index (χ2n) is 6.26. The first-order valence-electron chi connectivity index (χ1n) is 9.01. The number of allylic oxidation sites excluding steroid dienone is 12. The van der Waals surface area contributed by atoms with Crippen molar-refractivity contribution in [3.05, 3.63) is 96.7 Å². The molecule has 1 amide bonds. The highest BCUT2D eigenvalue weighted by molar-refractivity contribution is 5.87. The molecular formula is C23H29NO3. The van der Waals surface area contributed by atoms with Crippen LogP contribution in [0, 0.1) is 5.92 Å². The molecule has 4 nitrogen and oxygen atoms in total. The van der Waals surface area contributed by atoms with Gasteiger partial charge in [0.25, 0.3) is 0 Å². The zero-order chi connectivity index (χ0) is 19.9. The van der Waals surface area contributed by atoms with E-state index in [1.54, 1.807) is 36.5 Å². The number of rotatable bonds is 0. The van der Waals surface area contributed by atoms with Crippen molar-refractivity contribution in [1.29, 1.82) is 0 Å². The Bertz CT molecular complexity index is 690. The van der Waals surface area contributed by atoms with Crippen molar-refractivity contribution in [1.82, 2.24) is 5.32 Å². The highest BCUT2D eigenvalue weighted by Crippen LogP contribution is 2.04. The lowest BCUT2D eigenvalue weighted by Crippen LogP contribution is -2.25. The summed E-state index contributed by atoms with van der Waals surface area (Å²) in [5, 5.41) is 22.8. The van der Waals surface area contributed by atoms with Gasteiger partial charge in [-0.15, -0.1) is 0 Å². The highest BCUT2D eigenvalue weighted by Gasteiger charge is 2.09. The standard InChI is InChI=1S/C23H29NO3/c1-19-13-11-12-16-23(27)24-18-20(2)14-9-7-5-3-4-6-8-10-15-21(25)22(26)17-19/h3-17,20-22,25-26H,18H2,1-2H3,(H,24,27)/b4-3+,7-5-,8-6+,13-11+,14-9-,15-10-,16-12+,19-17+/t20-,21+,22-/m0/s1. The van der Waals surface area contributed by atoms with E-state index in [1.807, 2.05) is 56.4 Å². The molecule has 0 aliphatic carbocycles. The second kappa shape index (κ2) is 13.5. The van der Waals surface area contributed by atoms with Crippen LogP contribution in [0.3, 0.4) is 0 Å². The summed E-state index contributed by atoms with van der Waals surface area (Å²) >= 11 is 0. The van der Waals surface area contributed by atoms with E-state index in [9.17, 15) is 15.0 Å². The van der Waals surface area contributed by atoms with Gasteiger partial charge < -0.3 is 15.5 Å². The monoisotopic (exact) mass is 367 g/mol. The van der Waals surface area contributed by atoms with E-state index in [0.717, 1.165) is 5.57 Å². The summed E-state index contributed by atoms with van der Waals surface area (Å²) in [4.78, 5) is 11.8. The summed E-state index contributed by atoms with van der Waals surface area (Å²) in [5.41, 5.74) is 0.783. The molecule has 0 radical (unpaired) electrons. The Morgan fingerprint density at radius 3 is 2.04 bits per heavy atom. The fourth-order valence-corrected chi connectivity index (χ4v) is 2.09. The molecule has 4 heteroatoms. The molecule has 0 aromatic heterocycles. The molecule has 0 saturated heterocycles. The van der Waals surface area contributed by atoms with Crippen molar-refractivity contribution in [2.45, 2.75) is 26.1 Å². The molecule has 3 N–H and O–H groups in total. The molecule has 0 saturated carbocycles. The van der Waals surface area contributed by atoms with Crippen molar-refractivity contribution in [3.8, 4) is 0 Å². The summed E-state index contributed by atoms with van der Waals surface area (Å²) < 4.78 is 0. The Balaban J connectivity index is 2.87. The molecule has 0 aromatic carbocycles. The van der Waals surface area contributed by atoms with Crippen LogP contribution in [-0.2, 0) is 4.79 Å². The normalized spacial score (nSPS) is 35.8. The van der Waals surface area contributed by atoms with E-state index in [-0.39, 0.29) is 11.8 Å². The molecule has 0 aromatic rings. The van der Waals surface area contributed by atoms with Crippen LogP contribution in [0.5, 0.6) is 0 Å². The Morgan fingerprint density at radius 2 is 1.37 bits per heavy atom. The van der Waals surface area contributed by atoms with E-state index in [0.29, 0.717) is 6.54 Å². The number of amides is 1. The van der Waals surface area contributed by atoms with Gasteiger partial charge in [0.1, 0.15) is 12.2 Å². The summed E-state index contributed by atoms with van der Waals surface area (Å²) in [6.45, 7) is 4.41. The molecule has 3 atom stereocenters. The zero-order valence-electron chi connectivity index (χ0n) is 15.9. The third kappa shape index (κ3) is 11.5. The number of aliphatic hydroxyl groups is 2. The number of nitrogens with one attached hydrogen (secondary N) is 1. The van der Waals surface area contributed by atoms with Gasteiger partial charge in [0.2, 0.25) is 5.91 Å². The third-order valence-electron chi connectivity index (χ3n) is 3.63. The van der Waals surface area contributed by atoms with Crippen molar-refractivity contribution < 1.29 is 15.0 Å². The van der Waals surface area contributed by atoms with Crippen LogP contribution < -0.4 is 5.32 Å². The van der Waals surface area contributed by atoms with Gasteiger partial charge in [0.15, 0.2) is 0 Å². The van der Waals surface area contributed by atoms with Crippen LogP contribution in [0.15, 0.2) is 96.7 Å². The lowest BCUT2D eigenvalue weighted by atomic mass is 10.1. The molecule has 1 rings (SSSR count). The van der Waals surface area contributed by atoms with E-state index >= 15 is 0 Å². The molecule has 0 spiro atoms. The number of carbonyl (C=O) groups excluding carboxylic acids is 1. The first kappa shape index (κ1) is 22.4. The number of carbonyl (C=O) groups is 1. The molecule has 0 unspecified atom stereocenters. The van der Waals surface area contributed by atoms with E-state index in [4.69, 9.17) is 0 Å². The predicted octanol–water partition coefficient (Wildman–Crippen LogP) is 3.31. The highest BCUT2D eigenvalue weighted by atomic mass is 16.3. The minimum Gasteiger partial charge on any atom is -0.386 e. The largest absolute Gasteiger partial charge is 0.386 e. The fourth-order valence-electron chi connectivity index (χ4n) is 2.09. The Kier molecular flexibility index (Phi) is 11.2. The Morgan fingerprint density at radius 1 is 0.815 bits per heavy atom. The van der Waals surface area contributed by atoms with Crippen molar-refractivity contribution in [2.75, 3.05) is 6.54 Å². The van der Waals surface area contributed by atoms with Crippen molar-refractivity contribution in [3.63, 3.8) is 0 Å². The van der Waals surface area contributed by atoms with Crippen molar-refractivity contribution in [2.24, 2.45) is 5.92 Å². The van der Waals surface area contributed by atoms with Crippen LogP contribution in [-0.4, -0.2) is 34.9 Å². The maximum atomic E-state index is 11.8. The molecule has 1 aliphatic rings. The first-order chi connectivity index (χ1) is 13.0. The molecule has 0 bridgehead atoms. The quantitative estimate of drug-likeness (QED) is 0.615. The SMILES string of the molecule is CC1=C/[C@H](O)[C@H](O)\C=C/C=C/C=C/C=C\C=C/[C@H](C)CNC(=O)/C=C/C=C/1. The molecular weight excluding hydrogens is 338 g/mol. The van der Waals surface area contributed by atoms with Crippen LogP contribution in [0.25, 0.3) is 0 Å². The zero-order valence-corrected chi connectivity index (χ0v) is 15.9. The van der Waals surface area contributed by atoms with Gasteiger partial charge in [-0.05, 0) is 12.8 Å². The van der Waals surface area contributed by atoms with Crippen LogP contribution >= 0.6 is 0 Å². The van der Waals surface area contributed by atoms with Crippen LogP contribution in [0.4, 0.5) is 0 Å². The van der Waals surface area contributed by atoms with Gasteiger partial charge in [-0.25, -0.2) is 0 Å². The number of hydrogen-bond donors (Lipinski definition) is 3. The van der Waals surface area contributed by atoms with Crippen molar-refractivity contribution >= 4 is 5.91 Å². The maximum Gasteiger partial charge on any atom is 0.243 e. The van der Waals surface area contributed by atoms with Gasteiger partial charge in [0, 0.05) is 12.6 Å². The Hall–Kier alpha value is -2.69. The van der Waals surface area contributed by atoms with E-state index in [1.165, 1.54) is 12.2 Å². The van der Waals surface area contributed by atoms with E-state index < -0.39 is 12.2 Å². The molecule has 0 fully saturated rings. The number of hydrogen-bond acceptors (Lipinski definition) is 3. The maximum absolute atomic E-state index is 11.8. The summed E-state index contributed by atoms with van der Waals surface area (Å²) in [6.07, 6.45) is 24.5. The average molecular weight is 367 g/mol. The van der Waals surface area contributed by atoms with Gasteiger partial charge in [-0.3, -0.25) is 4.79 Å². The predicted molar refractivity (Wildman–Crippen MR) is 112 cm³/mol. The molecule has 27 heavy (non-hydrogen) atoms. The van der Waals surface area contributed by atoms with Crippen LogP contribution in [0.2, 0.25) is 0 Å². The summed E-state index contributed by atoms with van der Waals surface area (Å²) in [6, 6.07) is 0. The Labute approximate surface area is 162 Å². The smallest absolute Gasteiger partial charge is 0.243 e. The average Bonchev–Trinajstić information content (AvgIpc) is 2.64. The van der Waals surface area contributed by atoms with Gasteiger partial charge in [-0.1, -0.05) is 97.6 Å². The lowest BCUT2D eigenvalue weighted by molar-refractivity contribution is -0.116. The van der Waals surface area contributed by atoms with Gasteiger partial charge in [-0.2, -0.15) is 0 Å². The molecule has 1 heterocycles. The van der Waals surface area contributed by atoms with Gasteiger partial charge >= 0.3 is 0 Å². The first-order valence-corrected chi connectivity index (χ1v) is 9.01. The summed E-state index contributed by atoms with van der Waals surface area (Å²) in [7, 11) is 0. The fraction of sp³-hybridized carbons (Fsp3) is 0.261. The minimum atomic E-state index is -1.00. The second-order valence-corrected chi connectivity index (χ2v) is 6.26. The molecule has 144 valence electrons. The topological polar surface area (TPSA) is 69.6 Å². The van der Waals surface area contributed by atoms with E-state index in [2.05, 4.69) is 5.32 Å². The summed E-state index contributed by atoms with van der Waals surface area (Å²) in [5.74, 6) is 0.0713. The lowest BCUT2D eigenvalue weighted by Gasteiger charge is -2.10. The number of aliphatic hydroxyl groups excluding tert-OH is 2. The van der Waals surface area contributed by atoms with Crippen LogP contribution in [0.1, 0.15) is 13.8 Å². The third-order valence-corrected chi connectivity index (χ3v) is 3.63. The van der Waals surface area contributed by atoms with Gasteiger partial charge in [0.05, 0.1) is 0 Å². The molecule has 1 aliphatic heterocycles. The minimum absolute atomic E-state index is 0.158.